The summed E-state index contributed by atoms with van der Waals surface area (Å²) >= 11 is 3.53. The van der Waals surface area contributed by atoms with Crippen molar-refractivity contribution in [3.05, 3.63) is 64.6 Å². The molecule has 0 amide bonds. The fourth-order valence-corrected chi connectivity index (χ4v) is 2.96. The second-order valence-corrected chi connectivity index (χ2v) is 6.72. The minimum atomic E-state index is 0.258. The molecule has 2 aromatic rings. The van der Waals surface area contributed by atoms with Crippen molar-refractivity contribution in [3.63, 3.8) is 0 Å². The fraction of sp³-hybridized carbons (Fsp3) is 0.400. The van der Waals surface area contributed by atoms with Gasteiger partial charge in [0.1, 0.15) is 12.4 Å². The summed E-state index contributed by atoms with van der Waals surface area (Å²) in [5, 5.41) is 12.5. The highest BCUT2D eigenvalue weighted by Crippen LogP contribution is 2.24. The highest BCUT2D eigenvalue weighted by molar-refractivity contribution is 9.10. The van der Waals surface area contributed by atoms with Crippen molar-refractivity contribution >= 4 is 15.9 Å². The van der Waals surface area contributed by atoms with E-state index in [2.05, 4.69) is 45.5 Å². The highest BCUT2D eigenvalue weighted by atomic mass is 79.9. The number of aliphatic hydroxyl groups excluding tert-OH is 1. The van der Waals surface area contributed by atoms with Gasteiger partial charge in [-0.1, -0.05) is 42.5 Å². The van der Waals surface area contributed by atoms with Crippen LogP contribution >= 0.6 is 15.9 Å². The molecule has 0 fully saturated rings. The first-order valence-corrected chi connectivity index (χ1v) is 9.34. The molecule has 0 spiro atoms. The molecule has 3 nitrogen and oxygen atoms in total. The first kappa shape index (κ1) is 19.0. The standard InChI is InChI=1S/C20H26BrNO2/c21-19-11-5-6-12-20(19)24-16-18(22-13-7-2-8-14-23)15-17-9-3-1-4-10-17/h1,3-6,9-12,18,22-23H,2,7-8,13-16H2. The number of unbranched alkanes of at least 4 members (excludes halogenated alkanes) is 2. The normalized spacial score (nSPS) is 12.1. The van der Waals surface area contributed by atoms with E-state index in [1.165, 1.54) is 5.56 Å². The predicted octanol–water partition coefficient (Wildman–Crippen LogP) is 4.19. The third kappa shape index (κ3) is 7.04. The smallest absolute Gasteiger partial charge is 0.133 e. The van der Waals surface area contributed by atoms with Crippen LogP contribution in [0, 0.1) is 0 Å². The van der Waals surface area contributed by atoms with E-state index in [0.29, 0.717) is 6.61 Å². The van der Waals surface area contributed by atoms with Gasteiger partial charge in [-0.2, -0.15) is 0 Å². The van der Waals surface area contributed by atoms with Crippen molar-refractivity contribution in [3.8, 4) is 5.75 Å². The largest absolute Gasteiger partial charge is 0.491 e. The van der Waals surface area contributed by atoms with Gasteiger partial charge in [0.25, 0.3) is 0 Å². The van der Waals surface area contributed by atoms with Gasteiger partial charge in [0.05, 0.1) is 4.47 Å². The number of ether oxygens (including phenoxy) is 1. The van der Waals surface area contributed by atoms with E-state index < -0.39 is 0 Å². The molecule has 1 atom stereocenters. The van der Waals surface area contributed by atoms with Gasteiger partial charge in [-0.3, -0.25) is 0 Å². The molecule has 4 heteroatoms. The number of hydrogen-bond donors (Lipinski definition) is 2. The molecular weight excluding hydrogens is 366 g/mol. The number of aliphatic hydroxyl groups is 1. The molecule has 2 rings (SSSR count). The van der Waals surface area contributed by atoms with Crippen LogP contribution in [0.2, 0.25) is 0 Å². The van der Waals surface area contributed by atoms with Crippen LogP contribution in [-0.2, 0) is 6.42 Å². The van der Waals surface area contributed by atoms with Crippen molar-refractivity contribution in [1.29, 1.82) is 0 Å². The number of halogens is 1. The van der Waals surface area contributed by atoms with E-state index in [4.69, 9.17) is 9.84 Å². The van der Waals surface area contributed by atoms with Crippen molar-refractivity contribution < 1.29 is 9.84 Å². The number of hydrogen-bond acceptors (Lipinski definition) is 3. The number of para-hydroxylation sites is 1. The third-order valence-electron chi connectivity index (χ3n) is 3.87. The van der Waals surface area contributed by atoms with Crippen molar-refractivity contribution in [2.45, 2.75) is 31.7 Å². The number of rotatable bonds is 11. The molecule has 0 aliphatic heterocycles. The molecule has 1 unspecified atom stereocenters. The Morgan fingerprint density at radius 1 is 0.958 bits per heavy atom. The Morgan fingerprint density at radius 2 is 1.71 bits per heavy atom. The molecule has 0 aromatic heterocycles. The maximum Gasteiger partial charge on any atom is 0.133 e. The molecule has 2 aromatic carbocycles. The Labute approximate surface area is 153 Å². The SMILES string of the molecule is OCCCCCNC(COc1ccccc1Br)Cc1ccccc1. The Balaban J connectivity index is 1.87. The first-order chi connectivity index (χ1) is 11.8. The zero-order chi connectivity index (χ0) is 17.0. The average molecular weight is 392 g/mol. The third-order valence-corrected chi connectivity index (χ3v) is 4.52. The van der Waals surface area contributed by atoms with Crippen LogP contribution < -0.4 is 10.1 Å². The van der Waals surface area contributed by atoms with Crippen molar-refractivity contribution in [1.82, 2.24) is 5.32 Å². The van der Waals surface area contributed by atoms with Gasteiger partial charge in [-0.25, -0.2) is 0 Å². The highest BCUT2D eigenvalue weighted by Gasteiger charge is 2.11. The summed E-state index contributed by atoms with van der Waals surface area (Å²) in [5.74, 6) is 0.873. The van der Waals surface area contributed by atoms with Crippen LogP contribution in [0.1, 0.15) is 24.8 Å². The number of nitrogens with one attached hydrogen (secondary N) is 1. The second-order valence-electron chi connectivity index (χ2n) is 5.87. The van der Waals surface area contributed by atoms with E-state index in [-0.39, 0.29) is 12.6 Å². The minimum absolute atomic E-state index is 0.258. The van der Waals surface area contributed by atoms with E-state index >= 15 is 0 Å². The monoisotopic (exact) mass is 391 g/mol. The number of benzene rings is 2. The van der Waals surface area contributed by atoms with E-state index in [1.807, 2.05) is 30.3 Å². The molecular formula is C20H26BrNO2. The molecule has 0 radical (unpaired) electrons. The minimum Gasteiger partial charge on any atom is -0.491 e. The molecule has 24 heavy (non-hydrogen) atoms. The lowest BCUT2D eigenvalue weighted by Gasteiger charge is -2.20. The van der Waals surface area contributed by atoms with Gasteiger partial charge in [0, 0.05) is 12.6 Å². The van der Waals surface area contributed by atoms with E-state index in [0.717, 1.165) is 42.5 Å². The quantitative estimate of drug-likeness (QED) is 0.564. The molecule has 2 N–H and O–H groups in total. The molecule has 0 bridgehead atoms. The molecule has 0 heterocycles. The Morgan fingerprint density at radius 3 is 2.46 bits per heavy atom. The Kier molecular flexibility index (Phi) is 8.88. The Bertz CT molecular complexity index is 577. The van der Waals surface area contributed by atoms with Gasteiger partial charge < -0.3 is 15.2 Å². The van der Waals surface area contributed by atoms with Crippen LogP contribution in [-0.4, -0.2) is 30.9 Å². The molecule has 0 saturated carbocycles. The summed E-state index contributed by atoms with van der Waals surface area (Å²) < 4.78 is 6.98. The van der Waals surface area contributed by atoms with Gasteiger partial charge in [0.2, 0.25) is 0 Å². The average Bonchev–Trinajstić information content (AvgIpc) is 2.61. The van der Waals surface area contributed by atoms with Crippen LogP contribution in [0.4, 0.5) is 0 Å². The van der Waals surface area contributed by atoms with Gasteiger partial charge >= 0.3 is 0 Å². The molecule has 0 saturated heterocycles. The summed E-state index contributed by atoms with van der Waals surface area (Å²) in [6.07, 6.45) is 3.93. The van der Waals surface area contributed by atoms with E-state index in [1.54, 1.807) is 0 Å². The predicted molar refractivity (Wildman–Crippen MR) is 103 cm³/mol. The lowest BCUT2D eigenvalue weighted by atomic mass is 10.1. The summed E-state index contributed by atoms with van der Waals surface area (Å²) in [5.41, 5.74) is 1.31. The summed E-state index contributed by atoms with van der Waals surface area (Å²) in [6, 6.07) is 18.7. The second kappa shape index (κ2) is 11.2. The maximum absolute atomic E-state index is 8.86. The van der Waals surface area contributed by atoms with Crippen molar-refractivity contribution in [2.75, 3.05) is 19.8 Å². The molecule has 0 aliphatic rings. The van der Waals surface area contributed by atoms with Crippen molar-refractivity contribution in [2.24, 2.45) is 0 Å². The van der Waals surface area contributed by atoms with Crippen LogP contribution in [0.5, 0.6) is 5.75 Å². The topological polar surface area (TPSA) is 41.5 Å². The van der Waals surface area contributed by atoms with Crippen LogP contribution in [0.15, 0.2) is 59.1 Å². The van der Waals surface area contributed by atoms with Gasteiger partial charge in [0.15, 0.2) is 0 Å². The zero-order valence-electron chi connectivity index (χ0n) is 14.0. The Hall–Kier alpha value is -1.36. The molecule has 0 aliphatic carbocycles. The van der Waals surface area contributed by atoms with Gasteiger partial charge in [-0.05, 0) is 65.9 Å². The van der Waals surface area contributed by atoms with Crippen LogP contribution in [0.3, 0.4) is 0 Å². The lowest BCUT2D eigenvalue weighted by molar-refractivity contribution is 0.258. The lowest BCUT2D eigenvalue weighted by Crippen LogP contribution is -2.37. The molecule has 130 valence electrons. The first-order valence-electron chi connectivity index (χ1n) is 8.55. The van der Waals surface area contributed by atoms with Gasteiger partial charge in [-0.15, -0.1) is 0 Å². The van der Waals surface area contributed by atoms with Crippen LogP contribution in [0.25, 0.3) is 0 Å². The fourth-order valence-electron chi connectivity index (χ4n) is 2.56. The summed E-state index contributed by atoms with van der Waals surface area (Å²) in [7, 11) is 0. The summed E-state index contributed by atoms with van der Waals surface area (Å²) in [4.78, 5) is 0. The van der Waals surface area contributed by atoms with E-state index in [9.17, 15) is 0 Å². The zero-order valence-corrected chi connectivity index (χ0v) is 15.5. The maximum atomic E-state index is 8.86. The summed E-state index contributed by atoms with van der Waals surface area (Å²) in [6.45, 7) is 1.84.